The van der Waals surface area contributed by atoms with E-state index >= 15 is 0 Å². The Balaban J connectivity index is 1.49. The van der Waals surface area contributed by atoms with Gasteiger partial charge in [-0.25, -0.2) is 4.98 Å². The molecule has 0 saturated carbocycles. The summed E-state index contributed by atoms with van der Waals surface area (Å²) in [6.45, 7) is 2.35. The van der Waals surface area contributed by atoms with Crippen molar-refractivity contribution in [2.45, 2.75) is 25.8 Å². The van der Waals surface area contributed by atoms with Gasteiger partial charge >= 0.3 is 0 Å². The molecular weight excluding hydrogens is 424 g/mol. The molecule has 1 unspecified atom stereocenters. The number of rotatable bonds is 8. The maximum Gasteiger partial charge on any atom is 0.274 e. The maximum absolute atomic E-state index is 13.3. The molecule has 166 valence electrons. The van der Waals surface area contributed by atoms with Gasteiger partial charge in [0.2, 0.25) is 4.96 Å². The SMILES string of the molecule is Cc1nn2c(C(=O)N(C)C(CCNC(=O)c3cccn3C)Cc3ccccc3)cnc2s1. The molecule has 32 heavy (non-hydrogen) atoms. The highest BCUT2D eigenvalue weighted by Crippen LogP contribution is 2.18. The smallest absolute Gasteiger partial charge is 0.274 e. The molecule has 0 bridgehead atoms. The zero-order valence-electron chi connectivity index (χ0n) is 18.4. The fourth-order valence-corrected chi connectivity index (χ4v) is 4.46. The molecule has 1 atom stereocenters. The van der Waals surface area contributed by atoms with Crippen molar-refractivity contribution in [3.8, 4) is 0 Å². The maximum atomic E-state index is 13.3. The Morgan fingerprint density at radius 1 is 1.16 bits per heavy atom. The van der Waals surface area contributed by atoms with Gasteiger partial charge in [0.05, 0.1) is 6.20 Å². The highest BCUT2D eigenvalue weighted by atomic mass is 32.1. The first-order valence-corrected chi connectivity index (χ1v) is 11.3. The molecular formula is C23H26N6O2S. The lowest BCUT2D eigenvalue weighted by atomic mass is 10.0. The van der Waals surface area contributed by atoms with Gasteiger partial charge in [0, 0.05) is 32.9 Å². The highest BCUT2D eigenvalue weighted by Gasteiger charge is 2.25. The lowest BCUT2D eigenvalue weighted by Crippen LogP contribution is -2.41. The minimum absolute atomic E-state index is 0.108. The van der Waals surface area contributed by atoms with Gasteiger partial charge in [-0.15, -0.1) is 0 Å². The first kappa shape index (κ1) is 21.8. The van der Waals surface area contributed by atoms with Gasteiger partial charge in [-0.3, -0.25) is 9.59 Å². The number of carbonyl (C=O) groups excluding carboxylic acids is 2. The number of hydrogen-bond donors (Lipinski definition) is 1. The van der Waals surface area contributed by atoms with Gasteiger partial charge in [0.15, 0.2) is 5.69 Å². The van der Waals surface area contributed by atoms with E-state index in [4.69, 9.17) is 0 Å². The number of likely N-dealkylation sites (N-methyl/N-ethyl adjacent to an activating group) is 1. The van der Waals surface area contributed by atoms with E-state index in [1.54, 1.807) is 33.3 Å². The largest absolute Gasteiger partial charge is 0.351 e. The minimum atomic E-state index is -0.141. The Morgan fingerprint density at radius 3 is 2.66 bits per heavy atom. The van der Waals surface area contributed by atoms with Crippen LogP contribution in [0.25, 0.3) is 4.96 Å². The second-order valence-electron chi connectivity index (χ2n) is 7.77. The first-order chi connectivity index (χ1) is 15.4. The van der Waals surface area contributed by atoms with Crippen molar-refractivity contribution in [1.29, 1.82) is 0 Å². The van der Waals surface area contributed by atoms with Gasteiger partial charge in [-0.1, -0.05) is 41.7 Å². The third kappa shape index (κ3) is 4.57. The van der Waals surface area contributed by atoms with Crippen LogP contribution in [-0.2, 0) is 13.5 Å². The van der Waals surface area contributed by atoms with E-state index < -0.39 is 0 Å². The van der Waals surface area contributed by atoms with Crippen LogP contribution in [0.2, 0.25) is 0 Å². The Labute approximate surface area is 190 Å². The standard InChI is InChI=1S/C23H26N6O2S/c1-16-26-29-20(15-25-23(29)32-16)22(31)28(3)18(14-17-8-5-4-6-9-17)11-12-24-21(30)19-10-7-13-27(19)2/h4-10,13,15,18H,11-12,14H2,1-3H3,(H,24,30). The van der Waals surface area contributed by atoms with Crippen molar-refractivity contribution in [3.05, 3.63) is 76.8 Å². The average Bonchev–Trinajstić information content (AvgIpc) is 3.48. The van der Waals surface area contributed by atoms with E-state index in [0.29, 0.717) is 35.7 Å². The summed E-state index contributed by atoms with van der Waals surface area (Å²) in [6.07, 6.45) is 4.71. The molecule has 0 aliphatic heterocycles. The molecule has 0 radical (unpaired) electrons. The van der Waals surface area contributed by atoms with Gasteiger partial charge in [-0.05, 0) is 37.5 Å². The molecule has 0 spiro atoms. The quantitative estimate of drug-likeness (QED) is 0.447. The Hall–Kier alpha value is -3.46. The van der Waals surface area contributed by atoms with Crippen LogP contribution in [0.3, 0.4) is 0 Å². The minimum Gasteiger partial charge on any atom is -0.351 e. The number of nitrogens with one attached hydrogen (secondary N) is 1. The van der Waals surface area contributed by atoms with Crippen LogP contribution in [0, 0.1) is 6.92 Å². The van der Waals surface area contributed by atoms with Crippen LogP contribution in [0.15, 0.2) is 54.9 Å². The molecule has 0 aliphatic rings. The number of nitrogens with zero attached hydrogens (tertiary/aromatic N) is 5. The van der Waals surface area contributed by atoms with Crippen LogP contribution in [0.1, 0.15) is 38.0 Å². The summed E-state index contributed by atoms with van der Waals surface area (Å²) < 4.78 is 3.39. The number of benzene rings is 1. The summed E-state index contributed by atoms with van der Waals surface area (Å²) in [6, 6.07) is 13.6. The number of amides is 2. The highest BCUT2D eigenvalue weighted by molar-refractivity contribution is 7.16. The van der Waals surface area contributed by atoms with Crippen LogP contribution in [0.5, 0.6) is 0 Å². The summed E-state index contributed by atoms with van der Waals surface area (Å²) in [7, 11) is 3.64. The molecule has 0 fully saturated rings. The fraction of sp³-hybridized carbons (Fsp3) is 0.304. The van der Waals surface area contributed by atoms with Gasteiger partial charge in [0.25, 0.3) is 11.8 Å². The van der Waals surface area contributed by atoms with Crippen molar-refractivity contribution in [2.24, 2.45) is 7.05 Å². The van der Waals surface area contributed by atoms with Crippen molar-refractivity contribution < 1.29 is 9.59 Å². The molecule has 3 heterocycles. The normalized spacial score (nSPS) is 12.1. The Morgan fingerprint density at radius 2 is 1.94 bits per heavy atom. The second kappa shape index (κ2) is 9.35. The van der Waals surface area contributed by atoms with E-state index in [1.165, 1.54) is 11.3 Å². The second-order valence-corrected chi connectivity index (χ2v) is 8.93. The Bertz CT molecular complexity index is 1230. The van der Waals surface area contributed by atoms with Crippen LogP contribution < -0.4 is 5.32 Å². The van der Waals surface area contributed by atoms with Crippen molar-refractivity contribution in [1.82, 2.24) is 29.4 Å². The van der Waals surface area contributed by atoms with E-state index in [-0.39, 0.29) is 17.9 Å². The van der Waals surface area contributed by atoms with E-state index in [2.05, 4.69) is 27.5 Å². The lowest BCUT2D eigenvalue weighted by molar-refractivity contribution is 0.0714. The molecule has 1 N–H and O–H groups in total. The molecule has 1 aromatic carbocycles. The molecule has 9 heteroatoms. The molecule has 8 nitrogen and oxygen atoms in total. The summed E-state index contributed by atoms with van der Waals surface area (Å²) in [5.74, 6) is -0.266. The molecule has 2 amide bonds. The van der Waals surface area contributed by atoms with Crippen LogP contribution in [0.4, 0.5) is 0 Å². The number of imidazole rings is 1. The molecule has 0 saturated heterocycles. The van der Waals surface area contributed by atoms with Crippen LogP contribution >= 0.6 is 11.3 Å². The predicted molar refractivity (Wildman–Crippen MR) is 124 cm³/mol. The van der Waals surface area contributed by atoms with Crippen molar-refractivity contribution in [2.75, 3.05) is 13.6 Å². The lowest BCUT2D eigenvalue weighted by Gasteiger charge is -2.28. The van der Waals surface area contributed by atoms with E-state index in [0.717, 1.165) is 10.6 Å². The number of fused-ring (bicyclic) bond motifs is 1. The third-order valence-corrected chi connectivity index (χ3v) is 6.37. The number of hydrogen-bond acceptors (Lipinski definition) is 5. The summed E-state index contributed by atoms with van der Waals surface area (Å²) in [5.41, 5.74) is 2.18. The van der Waals surface area contributed by atoms with Gasteiger partial charge in [-0.2, -0.15) is 9.61 Å². The fourth-order valence-electron chi connectivity index (χ4n) is 3.74. The molecule has 4 aromatic rings. The summed E-state index contributed by atoms with van der Waals surface area (Å²) >= 11 is 1.45. The third-order valence-electron chi connectivity index (χ3n) is 5.53. The Kier molecular flexibility index (Phi) is 6.36. The number of aromatic nitrogens is 4. The van der Waals surface area contributed by atoms with Crippen LogP contribution in [-0.4, -0.2) is 55.5 Å². The molecule has 0 aliphatic carbocycles. The topological polar surface area (TPSA) is 84.5 Å². The summed E-state index contributed by atoms with van der Waals surface area (Å²) in [4.78, 5) is 32.6. The molecule has 3 aromatic heterocycles. The monoisotopic (exact) mass is 450 g/mol. The predicted octanol–water partition coefficient (Wildman–Crippen LogP) is 2.94. The first-order valence-electron chi connectivity index (χ1n) is 10.5. The average molecular weight is 451 g/mol. The van der Waals surface area contributed by atoms with Gasteiger partial charge < -0.3 is 14.8 Å². The van der Waals surface area contributed by atoms with E-state index in [1.807, 2.05) is 44.4 Å². The number of aryl methyl sites for hydroxylation is 2. The summed E-state index contributed by atoms with van der Waals surface area (Å²) in [5, 5.41) is 8.24. The van der Waals surface area contributed by atoms with Crippen molar-refractivity contribution in [3.63, 3.8) is 0 Å². The van der Waals surface area contributed by atoms with Gasteiger partial charge in [0.1, 0.15) is 10.7 Å². The number of carbonyl (C=O) groups is 2. The molecule has 4 rings (SSSR count). The van der Waals surface area contributed by atoms with E-state index in [9.17, 15) is 9.59 Å². The zero-order chi connectivity index (χ0) is 22.7. The van der Waals surface area contributed by atoms with Crippen molar-refractivity contribution >= 4 is 28.1 Å². The zero-order valence-corrected chi connectivity index (χ0v) is 19.2.